The molecule has 0 aromatic heterocycles. The first kappa shape index (κ1) is 25.2. The molecule has 0 saturated heterocycles. The Kier molecular flexibility index (Phi) is 6.99. The van der Waals surface area contributed by atoms with Crippen molar-refractivity contribution < 1.29 is 9.26 Å². The van der Waals surface area contributed by atoms with Crippen molar-refractivity contribution in [3.05, 3.63) is 130 Å². The van der Waals surface area contributed by atoms with Crippen molar-refractivity contribution in [2.75, 3.05) is 7.11 Å². The van der Waals surface area contributed by atoms with Crippen LogP contribution in [-0.2, 0) is 18.3 Å². The lowest BCUT2D eigenvalue weighted by Crippen LogP contribution is -2.25. The molecule has 3 nitrogen and oxygen atoms in total. The molecule has 0 aliphatic heterocycles. The molecule has 1 spiro atoms. The summed E-state index contributed by atoms with van der Waals surface area (Å²) in [5, 5.41) is 0. The lowest BCUT2D eigenvalue weighted by molar-refractivity contribution is 0.286. The summed E-state index contributed by atoms with van der Waals surface area (Å²) in [5.41, 5.74) is 8.19. The maximum Gasteiger partial charge on any atom is 0.150 e. The van der Waals surface area contributed by atoms with Crippen molar-refractivity contribution >= 4 is 8.96 Å². The molecular weight excluding hydrogens is 485 g/mol. The smallest absolute Gasteiger partial charge is 0.150 e. The number of rotatable bonds is 8. The number of benzene rings is 4. The second-order valence-corrected chi connectivity index (χ2v) is 11.5. The number of nitrogens with zero attached hydrogens (tertiary/aromatic N) is 1. The van der Waals surface area contributed by atoms with Gasteiger partial charge in [-0.15, -0.1) is 0 Å². The monoisotopic (exact) mass is 521 g/mol. The molecule has 38 heavy (non-hydrogen) atoms. The fourth-order valence-electron chi connectivity index (χ4n) is 6.74. The van der Waals surface area contributed by atoms with E-state index < -0.39 is 0 Å². The Morgan fingerprint density at radius 2 is 1.16 bits per heavy atom. The van der Waals surface area contributed by atoms with Gasteiger partial charge in [-0.05, 0) is 73.9 Å². The third-order valence-corrected chi connectivity index (χ3v) is 10.0. The molecule has 4 aromatic rings. The van der Waals surface area contributed by atoms with Gasteiger partial charge in [-0.2, -0.15) is 0 Å². The van der Waals surface area contributed by atoms with E-state index in [1.54, 1.807) is 7.11 Å². The van der Waals surface area contributed by atoms with Gasteiger partial charge in [-0.1, -0.05) is 84.9 Å². The molecule has 6 rings (SSSR count). The van der Waals surface area contributed by atoms with Gasteiger partial charge in [-0.25, -0.2) is 4.67 Å². The van der Waals surface area contributed by atoms with Gasteiger partial charge in [0, 0.05) is 28.6 Å². The van der Waals surface area contributed by atoms with Gasteiger partial charge in [0.2, 0.25) is 0 Å². The fraction of sp³-hybridized carbons (Fsp3) is 0.294. The highest BCUT2D eigenvalue weighted by molar-refractivity contribution is 7.29. The Labute approximate surface area is 228 Å². The largest absolute Gasteiger partial charge is 0.496 e. The van der Waals surface area contributed by atoms with Gasteiger partial charge in [0.1, 0.15) is 11.5 Å². The van der Waals surface area contributed by atoms with Crippen LogP contribution in [0.5, 0.6) is 11.5 Å². The molecule has 0 fully saturated rings. The lowest BCUT2D eigenvalue weighted by Gasteiger charge is -2.35. The van der Waals surface area contributed by atoms with Crippen LogP contribution in [0.15, 0.2) is 97.1 Å². The van der Waals surface area contributed by atoms with Gasteiger partial charge < -0.3 is 9.26 Å². The molecular formula is C34H36NO2P. The quantitative estimate of drug-likeness (QED) is 0.217. The second kappa shape index (κ2) is 10.6. The van der Waals surface area contributed by atoms with E-state index >= 15 is 0 Å². The van der Waals surface area contributed by atoms with Crippen molar-refractivity contribution in [1.29, 1.82) is 0 Å². The average Bonchev–Trinajstić information content (AvgIpc) is 3.55. The van der Waals surface area contributed by atoms with Crippen LogP contribution in [0.1, 0.15) is 72.2 Å². The highest BCUT2D eigenvalue weighted by atomic mass is 31.1. The molecule has 0 heterocycles. The van der Waals surface area contributed by atoms with Crippen LogP contribution < -0.4 is 9.26 Å². The number of methoxy groups -OCH3 is 1. The van der Waals surface area contributed by atoms with Crippen LogP contribution in [0, 0.1) is 0 Å². The second-order valence-electron chi connectivity index (χ2n) is 10.6. The molecule has 4 heteroatoms. The van der Waals surface area contributed by atoms with Crippen LogP contribution in [0.25, 0.3) is 0 Å². The van der Waals surface area contributed by atoms with E-state index in [9.17, 15) is 0 Å². The number of ether oxygens (including phenoxy) is 1. The summed E-state index contributed by atoms with van der Waals surface area (Å²) in [5.74, 6) is 2.05. The summed E-state index contributed by atoms with van der Waals surface area (Å²) in [4.78, 5) is 0. The van der Waals surface area contributed by atoms with Gasteiger partial charge >= 0.3 is 0 Å². The zero-order valence-corrected chi connectivity index (χ0v) is 23.5. The van der Waals surface area contributed by atoms with E-state index in [-0.39, 0.29) is 26.5 Å². The van der Waals surface area contributed by atoms with Crippen LogP contribution in [0.4, 0.5) is 0 Å². The molecule has 0 amide bonds. The zero-order chi connectivity index (χ0) is 26.1. The Hall–Kier alpha value is -3.13. The molecule has 2 aliphatic rings. The minimum Gasteiger partial charge on any atom is -0.496 e. The highest BCUT2D eigenvalue weighted by Gasteiger charge is 2.48. The SMILES string of the molecule is COc1cccc2c1[C@]1(CC2)CCc2cccc(OPN([C@H](C)c3ccccc3)[C@H](C)c3ccccc3)c21. The Morgan fingerprint density at radius 1 is 0.658 bits per heavy atom. The summed E-state index contributed by atoms with van der Waals surface area (Å²) >= 11 is 0. The summed E-state index contributed by atoms with van der Waals surface area (Å²) in [6, 6.07) is 35.1. The maximum absolute atomic E-state index is 6.88. The number of fused-ring (bicyclic) bond motifs is 4. The molecule has 4 atom stereocenters. The molecule has 0 radical (unpaired) electrons. The topological polar surface area (TPSA) is 21.7 Å². The van der Waals surface area contributed by atoms with Crippen molar-refractivity contribution in [3.8, 4) is 11.5 Å². The van der Waals surface area contributed by atoms with E-state index in [0.717, 1.165) is 37.2 Å². The normalized spacial score (nSPS) is 19.6. The predicted molar refractivity (Wildman–Crippen MR) is 157 cm³/mol. The van der Waals surface area contributed by atoms with Gasteiger partial charge in [-0.3, -0.25) is 0 Å². The van der Waals surface area contributed by atoms with E-state index in [4.69, 9.17) is 9.26 Å². The first-order chi connectivity index (χ1) is 18.6. The molecule has 4 aromatic carbocycles. The summed E-state index contributed by atoms with van der Waals surface area (Å²) < 4.78 is 15.3. The minimum atomic E-state index is -0.0285. The minimum absolute atomic E-state index is 0.0285. The Bertz CT molecular complexity index is 1360. The number of hydrogen-bond acceptors (Lipinski definition) is 3. The lowest BCUT2D eigenvalue weighted by atomic mass is 9.76. The maximum atomic E-state index is 6.88. The number of hydrogen-bond donors (Lipinski definition) is 0. The van der Waals surface area contributed by atoms with Crippen molar-refractivity contribution in [1.82, 2.24) is 4.67 Å². The standard InChI is InChI=1S/C34H36NO2P/c1-24(26-12-6-4-7-13-26)35(25(2)27-14-8-5-9-15-27)38-37-31-19-11-17-29-21-23-34(33(29)31)22-20-28-16-10-18-30(36-3)32(28)34/h4-19,24-25,38H,20-23H2,1-3H3/t24-,25-,34+/m1/s1. The van der Waals surface area contributed by atoms with E-state index in [1.165, 1.54) is 33.4 Å². The first-order valence-corrected chi connectivity index (χ1v) is 14.6. The van der Waals surface area contributed by atoms with Gasteiger partial charge in [0.15, 0.2) is 8.96 Å². The van der Waals surface area contributed by atoms with Crippen LogP contribution in [-0.4, -0.2) is 11.8 Å². The van der Waals surface area contributed by atoms with Crippen LogP contribution in [0.3, 0.4) is 0 Å². The Morgan fingerprint density at radius 3 is 1.68 bits per heavy atom. The fourth-order valence-corrected chi connectivity index (χ4v) is 7.73. The zero-order valence-electron chi connectivity index (χ0n) is 22.5. The van der Waals surface area contributed by atoms with Gasteiger partial charge in [0.25, 0.3) is 0 Å². The van der Waals surface area contributed by atoms with Crippen LogP contribution in [0.2, 0.25) is 0 Å². The molecule has 0 bridgehead atoms. The molecule has 1 unspecified atom stereocenters. The highest BCUT2D eigenvalue weighted by Crippen LogP contribution is 2.58. The summed E-state index contributed by atoms with van der Waals surface area (Å²) in [6.07, 6.45) is 4.40. The summed E-state index contributed by atoms with van der Waals surface area (Å²) in [6.45, 7) is 4.58. The van der Waals surface area contributed by atoms with E-state index in [2.05, 4.69) is 116 Å². The van der Waals surface area contributed by atoms with E-state index in [0.29, 0.717) is 0 Å². The van der Waals surface area contributed by atoms with E-state index in [1.807, 2.05) is 0 Å². The van der Waals surface area contributed by atoms with Crippen LogP contribution >= 0.6 is 8.96 Å². The third kappa shape index (κ3) is 4.32. The predicted octanol–water partition coefficient (Wildman–Crippen LogP) is 8.59. The molecule has 0 N–H and O–H groups in total. The average molecular weight is 522 g/mol. The van der Waals surface area contributed by atoms with Crippen molar-refractivity contribution in [2.45, 2.75) is 57.0 Å². The van der Waals surface area contributed by atoms with Gasteiger partial charge in [0.05, 0.1) is 7.11 Å². The van der Waals surface area contributed by atoms with Crippen molar-refractivity contribution in [2.24, 2.45) is 0 Å². The van der Waals surface area contributed by atoms with Crippen molar-refractivity contribution in [3.63, 3.8) is 0 Å². The Balaban J connectivity index is 1.36. The molecule has 194 valence electrons. The number of aryl methyl sites for hydroxylation is 2. The molecule has 0 saturated carbocycles. The first-order valence-electron chi connectivity index (χ1n) is 13.7. The third-order valence-electron chi connectivity index (χ3n) is 8.70. The molecule has 2 aliphatic carbocycles. The summed E-state index contributed by atoms with van der Waals surface area (Å²) in [7, 11) is 1.99.